The fourth-order valence-electron chi connectivity index (χ4n) is 2.65. The van der Waals surface area contributed by atoms with E-state index in [0.717, 1.165) is 5.56 Å². The lowest BCUT2D eigenvalue weighted by Crippen LogP contribution is -2.22. The van der Waals surface area contributed by atoms with Gasteiger partial charge in [0.2, 0.25) is 5.91 Å². The molecule has 6 nitrogen and oxygen atoms in total. The Morgan fingerprint density at radius 1 is 1.00 bits per heavy atom. The van der Waals surface area contributed by atoms with Gasteiger partial charge in [0.15, 0.2) is 0 Å². The Bertz CT molecular complexity index is 920. The smallest absolute Gasteiger partial charge is 0.251 e. The Kier molecular flexibility index (Phi) is 5.89. The van der Waals surface area contributed by atoms with E-state index in [2.05, 4.69) is 10.6 Å². The van der Waals surface area contributed by atoms with Crippen molar-refractivity contribution >= 4 is 23.2 Å². The van der Waals surface area contributed by atoms with Crippen LogP contribution in [-0.4, -0.2) is 11.8 Å². The monoisotopic (exact) mass is 363 g/mol. The molecule has 3 aromatic rings. The van der Waals surface area contributed by atoms with Gasteiger partial charge in [0.05, 0.1) is 12.8 Å². The normalized spacial score (nSPS) is 10.4. The summed E-state index contributed by atoms with van der Waals surface area (Å²) in [4.78, 5) is 24.4. The van der Waals surface area contributed by atoms with Gasteiger partial charge in [-0.05, 0) is 54.4 Å². The second-order valence-corrected chi connectivity index (χ2v) is 6.14. The van der Waals surface area contributed by atoms with Crippen molar-refractivity contribution in [3.05, 3.63) is 83.8 Å². The number of carbonyl (C=O) groups is 2. The zero-order valence-corrected chi connectivity index (χ0v) is 14.8. The van der Waals surface area contributed by atoms with Crippen LogP contribution in [0.2, 0.25) is 0 Å². The van der Waals surface area contributed by atoms with E-state index >= 15 is 0 Å². The SMILES string of the molecule is Nc1cccc(CCC(=O)Nc2cccc(C(=O)NCc3ccco3)c2)c1. The molecule has 1 aromatic heterocycles. The van der Waals surface area contributed by atoms with Gasteiger partial charge in [-0.15, -0.1) is 0 Å². The Labute approximate surface area is 157 Å². The van der Waals surface area contributed by atoms with Gasteiger partial charge in [-0.2, -0.15) is 0 Å². The number of hydrogen-bond donors (Lipinski definition) is 3. The van der Waals surface area contributed by atoms with Gasteiger partial charge in [-0.3, -0.25) is 9.59 Å². The molecular weight excluding hydrogens is 342 g/mol. The summed E-state index contributed by atoms with van der Waals surface area (Å²) in [6.07, 6.45) is 2.49. The molecule has 0 fully saturated rings. The average molecular weight is 363 g/mol. The number of aryl methyl sites for hydroxylation is 1. The van der Waals surface area contributed by atoms with Crippen molar-refractivity contribution in [1.82, 2.24) is 5.32 Å². The molecule has 0 unspecified atom stereocenters. The van der Waals surface area contributed by atoms with E-state index in [4.69, 9.17) is 10.2 Å². The van der Waals surface area contributed by atoms with Gasteiger partial charge in [0.25, 0.3) is 5.91 Å². The minimum absolute atomic E-state index is 0.120. The highest BCUT2D eigenvalue weighted by atomic mass is 16.3. The van der Waals surface area contributed by atoms with E-state index in [9.17, 15) is 9.59 Å². The number of nitrogen functional groups attached to an aromatic ring is 1. The van der Waals surface area contributed by atoms with Crippen LogP contribution in [0.25, 0.3) is 0 Å². The molecule has 0 bridgehead atoms. The van der Waals surface area contributed by atoms with E-state index in [1.165, 1.54) is 0 Å². The number of nitrogens with one attached hydrogen (secondary N) is 2. The van der Waals surface area contributed by atoms with Crippen LogP contribution < -0.4 is 16.4 Å². The number of rotatable bonds is 7. The maximum absolute atomic E-state index is 12.2. The summed E-state index contributed by atoms with van der Waals surface area (Å²) in [6, 6.07) is 17.9. The Morgan fingerprint density at radius 3 is 2.63 bits per heavy atom. The number of carbonyl (C=O) groups excluding carboxylic acids is 2. The summed E-state index contributed by atoms with van der Waals surface area (Å²) in [5.74, 6) is 0.321. The molecule has 0 saturated carbocycles. The van der Waals surface area contributed by atoms with Crippen molar-refractivity contribution in [1.29, 1.82) is 0 Å². The Morgan fingerprint density at radius 2 is 1.85 bits per heavy atom. The van der Waals surface area contributed by atoms with E-state index in [-0.39, 0.29) is 11.8 Å². The first-order valence-electron chi connectivity index (χ1n) is 8.65. The second kappa shape index (κ2) is 8.71. The zero-order chi connectivity index (χ0) is 19.1. The van der Waals surface area contributed by atoms with Gasteiger partial charge in [0.1, 0.15) is 5.76 Å². The summed E-state index contributed by atoms with van der Waals surface area (Å²) >= 11 is 0. The molecule has 0 saturated heterocycles. The molecule has 0 aliphatic rings. The highest BCUT2D eigenvalue weighted by Gasteiger charge is 2.09. The number of nitrogens with two attached hydrogens (primary N) is 1. The fourth-order valence-corrected chi connectivity index (χ4v) is 2.65. The molecular formula is C21H21N3O3. The van der Waals surface area contributed by atoms with Gasteiger partial charge in [-0.25, -0.2) is 0 Å². The summed E-state index contributed by atoms with van der Waals surface area (Å²) in [6.45, 7) is 0.308. The van der Waals surface area contributed by atoms with Crippen LogP contribution in [0.15, 0.2) is 71.3 Å². The standard InChI is InChI=1S/C21H21N3O3/c22-17-6-1-4-15(12-17)9-10-20(25)24-18-7-2-5-16(13-18)21(26)23-14-19-8-3-11-27-19/h1-8,11-13H,9-10,14,22H2,(H,23,26)(H,24,25). The molecule has 0 aliphatic heterocycles. The van der Waals surface area contributed by atoms with Crippen molar-refractivity contribution in [3.8, 4) is 0 Å². The predicted molar refractivity (Wildman–Crippen MR) is 104 cm³/mol. The lowest BCUT2D eigenvalue weighted by molar-refractivity contribution is -0.116. The first-order valence-corrected chi connectivity index (χ1v) is 8.65. The van der Waals surface area contributed by atoms with Crippen molar-refractivity contribution in [2.24, 2.45) is 0 Å². The third-order valence-electron chi connectivity index (χ3n) is 4.00. The van der Waals surface area contributed by atoms with Gasteiger partial charge in [0, 0.05) is 23.4 Å². The molecule has 138 valence electrons. The summed E-state index contributed by atoms with van der Waals surface area (Å²) < 4.78 is 5.19. The lowest BCUT2D eigenvalue weighted by Gasteiger charge is -2.08. The maximum atomic E-state index is 12.2. The molecule has 0 spiro atoms. The minimum atomic E-state index is -0.234. The number of hydrogen-bond acceptors (Lipinski definition) is 4. The lowest BCUT2D eigenvalue weighted by atomic mass is 10.1. The summed E-state index contributed by atoms with van der Waals surface area (Å²) in [7, 11) is 0. The number of benzene rings is 2. The van der Waals surface area contributed by atoms with Gasteiger partial charge < -0.3 is 20.8 Å². The molecule has 0 atom stereocenters. The molecule has 6 heteroatoms. The molecule has 2 aromatic carbocycles. The third kappa shape index (κ3) is 5.47. The summed E-state index contributed by atoms with van der Waals surface area (Å²) in [5, 5.41) is 5.60. The quantitative estimate of drug-likeness (QED) is 0.561. The first kappa shape index (κ1) is 18.3. The van der Waals surface area contributed by atoms with E-state index in [1.54, 1.807) is 42.7 Å². The van der Waals surface area contributed by atoms with Crippen LogP contribution >= 0.6 is 0 Å². The van der Waals surface area contributed by atoms with Crippen LogP contribution in [0.3, 0.4) is 0 Å². The van der Waals surface area contributed by atoms with Crippen LogP contribution in [-0.2, 0) is 17.8 Å². The molecule has 27 heavy (non-hydrogen) atoms. The molecule has 0 radical (unpaired) electrons. The van der Waals surface area contributed by atoms with Crippen molar-refractivity contribution in [2.75, 3.05) is 11.1 Å². The molecule has 1 heterocycles. The number of furan rings is 1. The molecule has 3 rings (SSSR count). The van der Waals surface area contributed by atoms with Crippen molar-refractivity contribution < 1.29 is 14.0 Å². The number of amides is 2. The maximum Gasteiger partial charge on any atom is 0.251 e. The van der Waals surface area contributed by atoms with Gasteiger partial charge >= 0.3 is 0 Å². The highest BCUT2D eigenvalue weighted by Crippen LogP contribution is 2.13. The van der Waals surface area contributed by atoms with Crippen LogP contribution in [0.1, 0.15) is 28.1 Å². The Balaban J connectivity index is 1.53. The topological polar surface area (TPSA) is 97.4 Å². The minimum Gasteiger partial charge on any atom is -0.467 e. The Hall–Kier alpha value is -3.54. The zero-order valence-electron chi connectivity index (χ0n) is 14.8. The van der Waals surface area contributed by atoms with Gasteiger partial charge in [-0.1, -0.05) is 18.2 Å². The van der Waals surface area contributed by atoms with E-state index in [1.807, 2.05) is 24.3 Å². The molecule has 4 N–H and O–H groups in total. The van der Waals surface area contributed by atoms with E-state index in [0.29, 0.717) is 42.1 Å². The van der Waals surface area contributed by atoms with Crippen molar-refractivity contribution in [2.45, 2.75) is 19.4 Å². The average Bonchev–Trinajstić information content (AvgIpc) is 3.18. The van der Waals surface area contributed by atoms with Crippen molar-refractivity contribution in [3.63, 3.8) is 0 Å². The molecule has 2 amide bonds. The second-order valence-electron chi connectivity index (χ2n) is 6.14. The van der Waals surface area contributed by atoms with Crippen LogP contribution in [0, 0.1) is 0 Å². The molecule has 0 aliphatic carbocycles. The summed E-state index contributed by atoms with van der Waals surface area (Å²) in [5.41, 5.74) is 8.49. The number of anilines is 2. The largest absolute Gasteiger partial charge is 0.467 e. The van der Waals surface area contributed by atoms with Crippen LogP contribution in [0.5, 0.6) is 0 Å². The first-order chi connectivity index (χ1) is 13.1. The predicted octanol–water partition coefficient (Wildman–Crippen LogP) is 3.36. The fraction of sp³-hybridized carbons (Fsp3) is 0.143. The highest BCUT2D eigenvalue weighted by molar-refractivity contribution is 5.97. The third-order valence-corrected chi connectivity index (χ3v) is 4.00. The van der Waals surface area contributed by atoms with E-state index < -0.39 is 0 Å². The van der Waals surface area contributed by atoms with Crippen LogP contribution in [0.4, 0.5) is 11.4 Å².